The van der Waals surface area contributed by atoms with Gasteiger partial charge in [-0.05, 0) is 30.3 Å². The molecular weight excluding hydrogens is 427 g/mol. The van der Waals surface area contributed by atoms with Crippen LogP contribution in [0.3, 0.4) is 0 Å². The predicted molar refractivity (Wildman–Crippen MR) is 111 cm³/mol. The van der Waals surface area contributed by atoms with Gasteiger partial charge in [-0.3, -0.25) is 14.9 Å². The van der Waals surface area contributed by atoms with Gasteiger partial charge in [-0.1, -0.05) is 30.3 Å². The second kappa shape index (κ2) is 7.61. The van der Waals surface area contributed by atoms with Gasteiger partial charge in [0, 0.05) is 17.7 Å². The van der Waals surface area contributed by atoms with E-state index in [4.69, 9.17) is 0 Å². The summed E-state index contributed by atoms with van der Waals surface area (Å²) in [5, 5.41) is 10.7. The van der Waals surface area contributed by atoms with E-state index >= 15 is 0 Å². The highest BCUT2D eigenvalue weighted by atomic mass is 32.2. The highest BCUT2D eigenvalue weighted by Gasteiger charge is 2.21. The molecular formula is C20H13FN4O5S. The third-order valence-corrected chi connectivity index (χ3v) is 5.75. The van der Waals surface area contributed by atoms with Crippen molar-refractivity contribution in [2.45, 2.75) is 4.90 Å². The Hall–Kier alpha value is -4.12. The molecule has 31 heavy (non-hydrogen) atoms. The van der Waals surface area contributed by atoms with Gasteiger partial charge in [0.2, 0.25) is 0 Å². The zero-order valence-corrected chi connectivity index (χ0v) is 16.4. The van der Waals surface area contributed by atoms with E-state index in [2.05, 4.69) is 9.82 Å². The average Bonchev–Trinajstić information content (AvgIpc) is 2.76. The Morgan fingerprint density at radius 1 is 1.00 bits per heavy atom. The van der Waals surface area contributed by atoms with Crippen molar-refractivity contribution >= 4 is 26.6 Å². The minimum absolute atomic E-state index is 0.00445. The zero-order valence-electron chi connectivity index (χ0n) is 15.6. The molecule has 4 aromatic rings. The lowest BCUT2D eigenvalue weighted by Crippen LogP contribution is -2.35. The van der Waals surface area contributed by atoms with E-state index in [-0.39, 0.29) is 27.3 Å². The van der Waals surface area contributed by atoms with Crippen LogP contribution in [0.2, 0.25) is 0 Å². The van der Waals surface area contributed by atoms with E-state index in [0.717, 1.165) is 36.4 Å². The Labute approximate surface area is 174 Å². The monoisotopic (exact) mass is 440 g/mol. The summed E-state index contributed by atoms with van der Waals surface area (Å²) in [7, 11) is -4.33. The lowest BCUT2D eigenvalue weighted by Gasteiger charge is -2.15. The van der Waals surface area contributed by atoms with Crippen LogP contribution in [-0.4, -0.2) is 23.0 Å². The molecule has 0 radical (unpaired) electrons. The molecule has 156 valence electrons. The van der Waals surface area contributed by atoms with Crippen LogP contribution < -0.4 is 10.4 Å². The van der Waals surface area contributed by atoms with Crippen molar-refractivity contribution in [2.24, 2.45) is 0 Å². The highest BCUT2D eigenvalue weighted by Crippen LogP contribution is 2.21. The lowest BCUT2D eigenvalue weighted by atomic mass is 10.2. The van der Waals surface area contributed by atoms with Crippen molar-refractivity contribution in [3.05, 3.63) is 99.1 Å². The van der Waals surface area contributed by atoms with Crippen molar-refractivity contribution in [3.8, 4) is 11.4 Å². The van der Waals surface area contributed by atoms with Gasteiger partial charge < -0.3 is 0 Å². The van der Waals surface area contributed by atoms with Crippen LogP contribution in [0.15, 0.2) is 82.5 Å². The fraction of sp³-hybridized carbons (Fsp3) is 0. The molecule has 1 N–H and O–H groups in total. The molecule has 0 aliphatic rings. The van der Waals surface area contributed by atoms with Crippen LogP contribution in [0.5, 0.6) is 0 Å². The van der Waals surface area contributed by atoms with Crippen molar-refractivity contribution in [3.63, 3.8) is 0 Å². The maximum absolute atomic E-state index is 13.7. The first-order valence-corrected chi connectivity index (χ1v) is 10.3. The number of hydrogen-bond donors (Lipinski definition) is 1. The lowest BCUT2D eigenvalue weighted by molar-refractivity contribution is -0.384. The smallest absolute Gasteiger partial charge is 0.267 e. The van der Waals surface area contributed by atoms with E-state index in [1.165, 1.54) is 6.07 Å². The Morgan fingerprint density at radius 3 is 2.32 bits per heavy atom. The molecule has 4 rings (SSSR count). The van der Waals surface area contributed by atoms with E-state index in [1.54, 1.807) is 30.3 Å². The number of nitrogens with zero attached hydrogens (tertiary/aromatic N) is 3. The molecule has 0 bridgehead atoms. The summed E-state index contributed by atoms with van der Waals surface area (Å²) >= 11 is 0. The molecule has 0 saturated carbocycles. The van der Waals surface area contributed by atoms with Gasteiger partial charge in [-0.25, -0.2) is 14.2 Å². The van der Waals surface area contributed by atoms with Crippen molar-refractivity contribution < 1.29 is 17.7 Å². The molecule has 0 fully saturated rings. The van der Waals surface area contributed by atoms with E-state index in [0.29, 0.717) is 10.2 Å². The number of rotatable bonds is 5. The molecule has 1 aromatic heterocycles. The van der Waals surface area contributed by atoms with Gasteiger partial charge >= 0.3 is 0 Å². The second-order valence-corrected chi connectivity index (χ2v) is 8.11. The number of nitro groups is 1. The number of benzene rings is 3. The Kier molecular flexibility index (Phi) is 4.95. The number of aromatic nitrogens is 2. The van der Waals surface area contributed by atoms with Crippen LogP contribution >= 0.6 is 0 Å². The first kappa shape index (κ1) is 20.2. The summed E-state index contributed by atoms with van der Waals surface area (Å²) in [6.45, 7) is 0. The molecule has 0 atom stereocenters. The minimum atomic E-state index is -4.33. The maximum atomic E-state index is 13.7. The first-order valence-electron chi connectivity index (χ1n) is 8.81. The zero-order chi connectivity index (χ0) is 22.2. The number of halogens is 1. The first-order chi connectivity index (χ1) is 14.8. The summed E-state index contributed by atoms with van der Waals surface area (Å²) in [5.74, 6) is -0.682. The quantitative estimate of drug-likeness (QED) is 0.376. The summed E-state index contributed by atoms with van der Waals surface area (Å²) in [6, 6.07) is 16.0. The number of hydrogen-bond acceptors (Lipinski definition) is 6. The summed E-state index contributed by atoms with van der Waals surface area (Å²) in [5.41, 5.74) is -0.481. The minimum Gasteiger partial charge on any atom is -0.267 e. The fourth-order valence-electron chi connectivity index (χ4n) is 2.94. The molecule has 0 spiro atoms. The van der Waals surface area contributed by atoms with Crippen LogP contribution in [0.1, 0.15) is 0 Å². The molecule has 1 heterocycles. The number of nitrogens with one attached hydrogen (secondary N) is 1. The average molecular weight is 440 g/mol. The molecule has 0 saturated heterocycles. The molecule has 0 amide bonds. The van der Waals surface area contributed by atoms with Crippen LogP contribution in [-0.2, 0) is 10.0 Å². The van der Waals surface area contributed by atoms with Gasteiger partial charge in [0.05, 0.1) is 20.7 Å². The van der Waals surface area contributed by atoms with Crippen LogP contribution in [0.25, 0.3) is 22.3 Å². The van der Waals surface area contributed by atoms with Gasteiger partial charge in [-0.2, -0.15) is 13.1 Å². The van der Waals surface area contributed by atoms with Crippen LogP contribution in [0, 0.1) is 15.9 Å². The van der Waals surface area contributed by atoms with Gasteiger partial charge in [0.1, 0.15) is 5.82 Å². The molecule has 9 nitrogen and oxygen atoms in total. The summed E-state index contributed by atoms with van der Waals surface area (Å²) < 4.78 is 40.2. The van der Waals surface area contributed by atoms with Gasteiger partial charge in [-0.15, -0.1) is 0 Å². The third kappa shape index (κ3) is 3.85. The van der Waals surface area contributed by atoms with Crippen molar-refractivity contribution in [1.82, 2.24) is 9.66 Å². The van der Waals surface area contributed by atoms with Gasteiger partial charge in [0.25, 0.3) is 21.3 Å². The Morgan fingerprint density at radius 2 is 1.68 bits per heavy atom. The Bertz CT molecular complexity index is 1470. The van der Waals surface area contributed by atoms with E-state index in [9.17, 15) is 27.7 Å². The molecule has 0 aliphatic heterocycles. The maximum Gasteiger partial charge on any atom is 0.281 e. The molecule has 0 aliphatic carbocycles. The SMILES string of the molecule is O=c1c2cc(F)ccc2nc(-c2ccccc2)n1NS(=O)(=O)c1ccc([N+](=O)[O-])cc1. The largest absolute Gasteiger partial charge is 0.281 e. The topological polar surface area (TPSA) is 124 Å². The fourth-order valence-corrected chi connectivity index (χ4v) is 3.95. The van der Waals surface area contributed by atoms with Crippen molar-refractivity contribution in [1.29, 1.82) is 0 Å². The third-order valence-electron chi connectivity index (χ3n) is 4.43. The number of nitro benzene ring substituents is 1. The van der Waals surface area contributed by atoms with Crippen molar-refractivity contribution in [2.75, 3.05) is 4.83 Å². The van der Waals surface area contributed by atoms with Gasteiger partial charge in [0.15, 0.2) is 5.82 Å². The second-order valence-electron chi connectivity index (χ2n) is 6.45. The molecule has 11 heteroatoms. The normalized spacial score (nSPS) is 11.4. The summed E-state index contributed by atoms with van der Waals surface area (Å²) in [4.78, 5) is 29.4. The number of fused-ring (bicyclic) bond motifs is 1. The van der Waals surface area contributed by atoms with E-state index in [1.807, 2.05) is 0 Å². The van der Waals surface area contributed by atoms with E-state index < -0.39 is 26.3 Å². The standard InChI is InChI=1S/C20H13FN4O5S/c21-14-6-11-18-17(12-14)20(26)24(19(22-18)13-4-2-1-3-5-13)23-31(29,30)16-9-7-15(8-10-16)25(27)28/h1-12,23H. The molecule has 0 unspecified atom stereocenters. The highest BCUT2D eigenvalue weighted by molar-refractivity contribution is 7.92. The summed E-state index contributed by atoms with van der Waals surface area (Å²) in [6.07, 6.45) is 0. The Balaban J connectivity index is 1.90. The number of sulfonamides is 1. The predicted octanol–water partition coefficient (Wildman–Crippen LogP) is 3.04. The molecule has 3 aromatic carbocycles. The number of non-ortho nitro benzene ring substituents is 1. The van der Waals surface area contributed by atoms with Crippen LogP contribution in [0.4, 0.5) is 10.1 Å².